The zero-order valence-corrected chi connectivity index (χ0v) is 21.9. The molecule has 0 N–H and O–H groups in total. The van der Waals surface area contributed by atoms with Crippen LogP contribution in [0.3, 0.4) is 0 Å². The van der Waals surface area contributed by atoms with Crippen molar-refractivity contribution in [1.29, 1.82) is 5.26 Å². The molecule has 1 fully saturated rings. The molecule has 1 saturated heterocycles. The van der Waals surface area contributed by atoms with E-state index in [1.54, 1.807) is 21.3 Å². The van der Waals surface area contributed by atoms with E-state index < -0.39 is 11.3 Å². The first-order valence-electron chi connectivity index (χ1n) is 12.6. The number of fused-ring (bicyclic) bond motifs is 1. The van der Waals surface area contributed by atoms with Gasteiger partial charge in [-0.1, -0.05) is 60.7 Å². The summed E-state index contributed by atoms with van der Waals surface area (Å²) in [7, 11) is 4.85. The van der Waals surface area contributed by atoms with E-state index in [2.05, 4.69) is 11.0 Å². The van der Waals surface area contributed by atoms with Crippen molar-refractivity contribution in [2.75, 3.05) is 67.3 Å². The number of carbonyl (C=O) groups is 1. The number of rotatable bonds is 10. The lowest BCUT2D eigenvalue weighted by molar-refractivity contribution is -0.144. The summed E-state index contributed by atoms with van der Waals surface area (Å²) in [5, 5.41) is 12.9. The third-order valence-corrected chi connectivity index (χ3v) is 7.30. The number of nitriles is 1. The minimum atomic E-state index is -1.50. The molecule has 1 heterocycles. The lowest BCUT2D eigenvalue weighted by Crippen LogP contribution is -2.56. The molecule has 194 valence electrons. The third kappa shape index (κ3) is 5.33. The molecule has 3 aromatic rings. The Labute approximate surface area is 219 Å². The number of carbonyl (C=O) groups excluding carboxylic acids is 1. The molecule has 1 aliphatic heterocycles. The van der Waals surface area contributed by atoms with Crippen LogP contribution in [0.5, 0.6) is 5.75 Å². The lowest BCUT2D eigenvalue weighted by Gasteiger charge is -2.41. The van der Waals surface area contributed by atoms with Crippen LogP contribution < -0.4 is 4.74 Å². The highest BCUT2D eigenvalue weighted by atomic mass is 16.5. The Bertz CT molecular complexity index is 1240. The predicted molar refractivity (Wildman–Crippen MR) is 144 cm³/mol. The number of benzene rings is 3. The number of methoxy groups -OCH3 is 3. The van der Waals surface area contributed by atoms with Gasteiger partial charge in [-0.3, -0.25) is 9.69 Å². The van der Waals surface area contributed by atoms with Crippen molar-refractivity contribution in [2.45, 2.75) is 5.92 Å². The Morgan fingerprint density at radius 1 is 0.919 bits per heavy atom. The average molecular weight is 502 g/mol. The second-order valence-electron chi connectivity index (χ2n) is 9.39. The van der Waals surface area contributed by atoms with Gasteiger partial charge in [0.05, 0.1) is 26.4 Å². The average Bonchev–Trinajstić information content (AvgIpc) is 2.96. The van der Waals surface area contributed by atoms with E-state index in [1.807, 2.05) is 71.6 Å². The first kappa shape index (κ1) is 26.6. The molecule has 0 aliphatic carbocycles. The number of ether oxygens (including phenoxy) is 3. The van der Waals surface area contributed by atoms with Crippen LogP contribution in [-0.2, 0) is 14.3 Å². The summed E-state index contributed by atoms with van der Waals surface area (Å²) in [6.07, 6.45) is 0. The second kappa shape index (κ2) is 12.2. The molecule has 2 atom stereocenters. The molecule has 0 aromatic heterocycles. The predicted octanol–water partition coefficient (Wildman–Crippen LogP) is 3.93. The zero-order valence-electron chi connectivity index (χ0n) is 21.9. The molecule has 1 aliphatic rings. The Hall–Kier alpha value is -3.44. The number of hydrogen-bond acceptors (Lipinski definition) is 6. The quantitative estimate of drug-likeness (QED) is 0.419. The van der Waals surface area contributed by atoms with Crippen LogP contribution in [0, 0.1) is 16.7 Å². The van der Waals surface area contributed by atoms with Crippen LogP contribution in [0.1, 0.15) is 17.0 Å². The molecule has 2 unspecified atom stereocenters. The van der Waals surface area contributed by atoms with E-state index >= 15 is 0 Å². The van der Waals surface area contributed by atoms with Gasteiger partial charge in [-0.2, -0.15) is 5.26 Å². The van der Waals surface area contributed by atoms with Crippen LogP contribution >= 0.6 is 0 Å². The fourth-order valence-electron chi connectivity index (χ4n) is 5.42. The molecule has 0 bridgehead atoms. The van der Waals surface area contributed by atoms with Crippen LogP contribution in [-0.4, -0.2) is 83.0 Å². The first-order valence-corrected chi connectivity index (χ1v) is 12.6. The Kier molecular flexibility index (Phi) is 8.78. The second-order valence-corrected chi connectivity index (χ2v) is 9.39. The van der Waals surface area contributed by atoms with Crippen LogP contribution in [0.25, 0.3) is 10.8 Å². The number of hydrogen-bond donors (Lipinski definition) is 0. The minimum Gasteiger partial charge on any atom is -0.496 e. The molecule has 37 heavy (non-hydrogen) atoms. The van der Waals surface area contributed by atoms with Gasteiger partial charge >= 0.3 is 0 Å². The van der Waals surface area contributed by atoms with E-state index in [0.717, 1.165) is 41.5 Å². The van der Waals surface area contributed by atoms with E-state index in [0.29, 0.717) is 25.4 Å². The summed E-state index contributed by atoms with van der Waals surface area (Å²) in [6.45, 7) is 3.98. The normalized spacial score (nSPS) is 16.6. The summed E-state index contributed by atoms with van der Waals surface area (Å²) in [5.74, 6) is -0.195. The van der Waals surface area contributed by atoms with Gasteiger partial charge in [0, 0.05) is 58.4 Å². The zero-order chi connectivity index (χ0) is 26.3. The monoisotopic (exact) mass is 501 g/mol. The van der Waals surface area contributed by atoms with E-state index in [9.17, 15) is 10.1 Å². The maximum Gasteiger partial charge on any atom is 0.246 e. The molecular weight excluding hydrogens is 466 g/mol. The van der Waals surface area contributed by atoms with Gasteiger partial charge in [0.1, 0.15) is 5.75 Å². The molecule has 0 radical (unpaired) electrons. The topological polar surface area (TPSA) is 75.0 Å². The maximum absolute atomic E-state index is 14.4. The van der Waals surface area contributed by atoms with E-state index in [1.165, 1.54) is 0 Å². The van der Waals surface area contributed by atoms with Crippen molar-refractivity contribution >= 4 is 16.7 Å². The molecule has 7 heteroatoms. The van der Waals surface area contributed by atoms with Crippen molar-refractivity contribution in [3.05, 3.63) is 77.9 Å². The molecule has 0 saturated carbocycles. The SMILES string of the molecule is COCCN1CCN(C(=O)C(C#N)(COC)C(c2ccccc2OC)c2cccc3ccccc23)CC1. The van der Waals surface area contributed by atoms with Gasteiger partial charge in [0.25, 0.3) is 0 Å². The lowest BCUT2D eigenvalue weighted by atomic mass is 9.67. The standard InChI is InChI=1S/C30H35N3O4/c1-35-20-19-32-15-17-33(18-16-32)29(34)30(21-31,22-36-2)28(26-12-6-7-14-27(26)37-3)25-13-8-10-23-9-4-5-11-24(23)25/h4-14,28H,15-20,22H2,1-3H3. The van der Waals surface area contributed by atoms with Crippen LogP contribution in [0.15, 0.2) is 66.7 Å². The third-order valence-electron chi connectivity index (χ3n) is 7.30. The Morgan fingerprint density at radius 3 is 2.30 bits per heavy atom. The highest BCUT2D eigenvalue weighted by Gasteiger charge is 2.51. The summed E-state index contributed by atoms with van der Waals surface area (Å²) in [6, 6.07) is 24.2. The molecule has 7 nitrogen and oxygen atoms in total. The minimum absolute atomic E-state index is 0.0435. The molecular formula is C30H35N3O4. The van der Waals surface area contributed by atoms with E-state index in [-0.39, 0.29) is 12.5 Å². The number of para-hydroxylation sites is 1. The van der Waals surface area contributed by atoms with Gasteiger partial charge in [0.15, 0.2) is 5.41 Å². The summed E-state index contributed by atoms with van der Waals surface area (Å²) in [5.41, 5.74) is 0.183. The molecule has 0 spiro atoms. The van der Waals surface area contributed by atoms with Crippen molar-refractivity contribution in [3.63, 3.8) is 0 Å². The molecule has 1 amide bonds. The number of nitrogens with zero attached hydrogens (tertiary/aromatic N) is 3. The number of piperazine rings is 1. The highest BCUT2D eigenvalue weighted by molar-refractivity contribution is 5.92. The first-order chi connectivity index (χ1) is 18.1. The van der Waals surface area contributed by atoms with Crippen LogP contribution in [0.4, 0.5) is 0 Å². The molecule has 3 aromatic carbocycles. The van der Waals surface area contributed by atoms with Gasteiger partial charge in [-0.25, -0.2) is 0 Å². The van der Waals surface area contributed by atoms with Crippen molar-refractivity contribution in [3.8, 4) is 11.8 Å². The van der Waals surface area contributed by atoms with Gasteiger partial charge in [-0.15, -0.1) is 0 Å². The van der Waals surface area contributed by atoms with Crippen molar-refractivity contribution in [1.82, 2.24) is 9.80 Å². The fraction of sp³-hybridized carbons (Fsp3) is 0.400. The smallest absolute Gasteiger partial charge is 0.246 e. The molecule has 4 rings (SSSR count). The summed E-state index contributed by atoms with van der Waals surface area (Å²) < 4.78 is 16.6. The van der Waals surface area contributed by atoms with Crippen molar-refractivity contribution in [2.24, 2.45) is 5.41 Å². The summed E-state index contributed by atoms with van der Waals surface area (Å²) >= 11 is 0. The fourth-order valence-corrected chi connectivity index (χ4v) is 5.42. The largest absolute Gasteiger partial charge is 0.496 e. The van der Waals surface area contributed by atoms with Gasteiger partial charge in [0.2, 0.25) is 5.91 Å². The van der Waals surface area contributed by atoms with Gasteiger partial charge < -0.3 is 19.1 Å². The van der Waals surface area contributed by atoms with E-state index in [4.69, 9.17) is 14.2 Å². The Balaban J connectivity index is 1.85. The van der Waals surface area contributed by atoms with Crippen LogP contribution in [0.2, 0.25) is 0 Å². The van der Waals surface area contributed by atoms with Crippen molar-refractivity contribution < 1.29 is 19.0 Å². The Morgan fingerprint density at radius 2 is 1.59 bits per heavy atom. The number of amides is 1. The van der Waals surface area contributed by atoms with Gasteiger partial charge in [-0.05, 0) is 22.4 Å². The maximum atomic E-state index is 14.4. The summed E-state index contributed by atoms with van der Waals surface area (Å²) in [4.78, 5) is 18.5. The highest BCUT2D eigenvalue weighted by Crippen LogP contribution is 2.47.